The van der Waals surface area contributed by atoms with Gasteiger partial charge in [-0.3, -0.25) is 4.79 Å². The van der Waals surface area contributed by atoms with Crippen LogP contribution in [0.5, 0.6) is 0 Å². The van der Waals surface area contributed by atoms with E-state index in [2.05, 4.69) is 24.8 Å². The van der Waals surface area contributed by atoms with Crippen molar-refractivity contribution < 1.29 is 4.79 Å². The number of nitrogens with two attached hydrogens (primary N) is 1. The molecular weight excluding hydrogens is 443 g/mol. The Kier molecular flexibility index (Phi) is 8.43. The minimum atomic E-state index is -0.146. The van der Waals surface area contributed by atoms with Crippen molar-refractivity contribution in [3.63, 3.8) is 0 Å². The lowest BCUT2D eigenvalue weighted by Gasteiger charge is -2.38. The summed E-state index contributed by atoms with van der Waals surface area (Å²) in [6.07, 6.45) is 1.52. The van der Waals surface area contributed by atoms with Crippen molar-refractivity contribution in [3.8, 4) is 0 Å². The van der Waals surface area contributed by atoms with Crippen molar-refractivity contribution >= 4 is 34.9 Å². The van der Waals surface area contributed by atoms with Gasteiger partial charge in [0.25, 0.3) is 0 Å². The Hall–Kier alpha value is -1.82. The highest BCUT2D eigenvalue weighted by molar-refractivity contribution is 6.35. The third kappa shape index (κ3) is 6.15. The van der Waals surface area contributed by atoms with Gasteiger partial charge in [0.15, 0.2) is 0 Å². The maximum Gasteiger partial charge on any atom is 0.225 e. The van der Waals surface area contributed by atoms with Gasteiger partial charge in [0, 0.05) is 59.4 Å². The number of halogens is 2. The molecule has 1 aliphatic rings. The summed E-state index contributed by atoms with van der Waals surface area (Å²) in [6.45, 7) is 11.2. The lowest BCUT2D eigenvalue weighted by atomic mass is 9.97. The van der Waals surface area contributed by atoms with Crippen LogP contribution in [0.3, 0.4) is 0 Å². The summed E-state index contributed by atoms with van der Waals surface area (Å²) < 4.78 is 0. The molecule has 7 heteroatoms. The van der Waals surface area contributed by atoms with Crippen LogP contribution in [0.1, 0.15) is 50.1 Å². The van der Waals surface area contributed by atoms with Crippen LogP contribution in [-0.4, -0.2) is 42.0 Å². The summed E-state index contributed by atoms with van der Waals surface area (Å²) in [7, 11) is 0. The number of piperazine rings is 1. The number of anilines is 1. The van der Waals surface area contributed by atoms with Crippen molar-refractivity contribution in [3.05, 3.63) is 57.2 Å². The largest absolute Gasteiger partial charge is 0.353 e. The highest BCUT2D eigenvalue weighted by atomic mass is 35.5. The van der Waals surface area contributed by atoms with Gasteiger partial charge in [-0.15, -0.1) is 0 Å². The normalized spacial score (nSPS) is 16.4. The van der Waals surface area contributed by atoms with Crippen LogP contribution in [0.4, 0.5) is 5.82 Å². The van der Waals surface area contributed by atoms with Crippen LogP contribution >= 0.6 is 23.2 Å². The average Bonchev–Trinajstić information content (AvgIpc) is 2.74. The Morgan fingerprint density at radius 3 is 2.41 bits per heavy atom. The van der Waals surface area contributed by atoms with E-state index >= 15 is 0 Å². The molecule has 0 saturated carbocycles. The van der Waals surface area contributed by atoms with Gasteiger partial charge < -0.3 is 15.5 Å². The molecule has 1 fully saturated rings. The molecule has 3 rings (SSSR count). The van der Waals surface area contributed by atoms with Crippen molar-refractivity contribution in [1.82, 2.24) is 9.88 Å². The number of nitrogens with zero attached hydrogens (tertiary/aromatic N) is 3. The van der Waals surface area contributed by atoms with E-state index in [-0.39, 0.29) is 17.9 Å². The van der Waals surface area contributed by atoms with Crippen molar-refractivity contribution in [1.29, 1.82) is 0 Å². The first-order valence-electron chi connectivity index (χ1n) is 11.4. The molecule has 2 N–H and O–H groups in total. The number of carbonyl (C=O) groups excluding carboxylic acids is 1. The van der Waals surface area contributed by atoms with Crippen LogP contribution in [0.2, 0.25) is 10.0 Å². The molecule has 1 aromatic carbocycles. The summed E-state index contributed by atoms with van der Waals surface area (Å²) in [6, 6.07) is 9.54. The van der Waals surface area contributed by atoms with E-state index in [1.54, 1.807) is 6.07 Å². The van der Waals surface area contributed by atoms with E-state index in [0.717, 1.165) is 42.1 Å². The van der Waals surface area contributed by atoms with E-state index in [1.165, 1.54) is 0 Å². The molecule has 1 aromatic heterocycles. The summed E-state index contributed by atoms with van der Waals surface area (Å²) in [5.41, 5.74) is 9.53. The zero-order chi connectivity index (χ0) is 23.4. The summed E-state index contributed by atoms with van der Waals surface area (Å²) in [4.78, 5) is 22.1. The Bertz CT molecular complexity index is 942. The lowest BCUT2D eigenvalue weighted by Crippen LogP contribution is -2.51. The van der Waals surface area contributed by atoms with Gasteiger partial charge in [0.2, 0.25) is 5.91 Å². The number of aromatic nitrogens is 1. The second-order valence-electron chi connectivity index (χ2n) is 9.25. The molecule has 0 aliphatic carbocycles. The van der Waals surface area contributed by atoms with Gasteiger partial charge in [-0.1, -0.05) is 56.1 Å². The minimum Gasteiger partial charge on any atom is -0.353 e. The van der Waals surface area contributed by atoms with Crippen LogP contribution in [-0.2, 0) is 11.2 Å². The molecule has 2 aromatic rings. The number of aryl methyl sites for hydroxylation is 1. The van der Waals surface area contributed by atoms with Crippen molar-refractivity contribution in [2.24, 2.45) is 17.6 Å². The third-order valence-electron chi connectivity index (χ3n) is 6.02. The first-order chi connectivity index (χ1) is 15.2. The molecular formula is C25H34Cl2N4O. The molecule has 1 unspecified atom stereocenters. The van der Waals surface area contributed by atoms with Gasteiger partial charge in [-0.05, 0) is 49.4 Å². The zero-order valence-corrected chi connectivity index (χ0v) is 21.0. The topological polar surface area (TPSA) is 62.5 Å². The monoisotopic (exact) mass is 476 g/mol. The Morgan fingerprint density at radius 1 is 1.09 bits per heavy atom. The molecule has 2 atom stereocenters. The quantitative estimate of drug-likeness (QED) is 0.590. The lowest BCUT2D eigenvalue weighted by molar-refractivity contribution is -0.135. The maximum atomic E-state index is 13.1. The minimum absolute atomic E-state index is 0.0399. The van der Waals surface area contributed by atoms with Gasteiger partial charge in [-0.25, -0.2) is 4.98 Å². The zero-order valence-electron chi connectivity index (χ0n) is 19.4. The van der Waals surface area contributed by atoms with Crippen molar-refractivity contribution in [2.45, 2.75) is 46.6 Å². The summed E-state index contributed by atoms with van der Waals surface area (Å²) in [5, 5.41) is 1.21. The molecule has 1 aliphatic heterocycles. The molecule has 2 heterocycles. The van der Waals surface area contributed by atoms with Crippen LogP contribution < -0.4 is 10.6 Å². The fourth-order valence-corrected chi connectivity index (χ4v) is 4.77. The van der Waals surface area contributed by atoms with Crippen LogP contribution in [0, 0.1) is 18.8 Å². The Balaban J connectivity index is 1.64. The first kappa shape index (κ1) is 24.8. The first-order valence-corrected chi connectivity index (χ1v) is 12.1. The number of carbonyl (C=O) groups is 1. The van der Waals surface area contributed by atoms with Gasteiger partial charge in [-0.2, -0.15) is 0 Å². The number of benzene rings is 1. The molecule has 32 heavy (non-hydrogen) atoms. The number of hydrogen-bond acceptors (Lipinski definition) is 4. The number of hydrogen-bond donors (Lipinski definition) is 1. The van der Waals surface area contributed by atoms with E-state index in [1.807, 2.05) is 36.9 Å². The molecule has 1 saturated heterocycles. The van der Waals surface area contributed by atoms with Gasteiger partial charge in [0.1, 0.15) is 5.82 Å². The molecule has 1 amide bonds. The molecule has 174 valence electrons. The molecule has 0 spiro atoms. The van der Waals surface area contributed by atoms with E-state index < -0.39 is 0 Å². The summed E-state index contributed by atoms with van der Waals surface area (Å²) in [5.74, 6) is 1.49. The predicted octanol–water partition coefficient (Wildman–Crippen LogP) is 5.27. The van der Waals surface area contributed by atoms with E-state index in [9.17, 15) is 4.79 Å². The molecule has 0 bridgehead atoms. The van der Waals surface area contributed by atoms with Crippen molar-refractivity contribution in [2.75, 3.05) is 31.1 Å². The highest BCUT2D eigenvalue weighted by Crippen LogP contribution is 2.29. The number of pyridine rings is 1. The Labute approximate surface area is 201 Å². The standard InChI is InChI=1S/C25H34Cl2N4O/c1-16(2)13-23(28)21-8-5-18(4)29-24(21)30-9-11-31(12-10-30)25(32)17(3)14-19-6-7-20(26)15-22(19)27/h5-8,15-17,23H,9-14,28H2,1-4H3/t17?,23-/m1/s1. The predicted molar refractivity (Wildman–Crippen MR) is 133 cm³/mol. The Morgan fingerprint density at radius 2 is 1.78 bits per heavy atom. The van der Waals surface area contributed by atoms with Crippen LogP contribution in [0.25, 0.3) is 0 Å². The fourth-order valence-electron chi connectivity index (χ4n) is 4.29. The molecule has 0 radical (unpaired) electrons. The summed E-state index contributed by atoms with van der Waals surface area (Å²) >= 11 is 12.3. The van der Waals surface area contributed by atoms with E-state index in [0.29, 0.717) is 35.5 Å². The van der Waals surface area contributed by atoms with Gasteiger partial charge in [0.05, 0.1) is 0 Å². The van der Waals surface area contributed by atoms with Gasteiger partial charge >= 0.3 is 0 Å². The highest BCUT2D eigenvalue weighted by Gasteiger charge is 2.28. The van der Waals surface area contributed by atoms with E-state index in [4.69, 9.17) is 33.9 Å². The third-order valence-corrected chi connectivity index (χ3v) is 6.61. The molecule has 5 nitrogen and oxygen atoms in total. The maximum absolute atomic E-state index is 13.1. The second kappa shape index (κ2) is 10.9. The number of amides is 1. The average molecular weight is 477 g/mol. The fraction of sp³-hybridized carbons (Fsp3) is 0.520. The second-order valence-corrected chi connectivity index (χ2v) is 10.1. The smallest absolute Gasteiger partial charge is 0.225 e. The van der Waals surface area contributed by atoms with Crippen LogP contribution in [0.15, 0.2) is 30.3 Å². The number of rotatable bonds is 7. The SMILES string of the molecule is Cc1ccc([C@H](N)CC(C)C)c(N2CCN(C(=O)C(C)Cc3ccc(Cl)cc3Cl)CC2)n1.